The lowest BCUT2D eigenvalue weighted by Gasteiger charge is -2.11. The van der Waals surface area contributed by atoms with Crippen molar-refractivity contribution in [1.29, 1.82) is 0 Å². The van der Waals surface area contributed by atoms with E-state index in [0.717, 1.165) is 27.3 Å². The number of carbonyl (C=O) groups excluding carboxylic acids is 1. The van der Waals surface area contributed by atoms with Crippen LogP contribution in [0, 0.1) is 6.92 Å². The molecule has 9 heteroatoms. The highest BCUT2D eigenvalue weighted by Gasteiger charge is 2.25. The van der Waals surface area contributed by atoms with Crippen LogP contribution in [-0.2, 0) is 0 Å². The van der Waals surface area contributed by atoms with Gasteiger partial charge in [-0.2, -0.15) is 0 Å². The van der Waals surface area contributed by atoms with E-state index in [1.54, 1.807) is 0 Å². The molecule has 0 atom stereocenters. The molecule has 0 radical (unpaired) electrons. The lowest BCUT2D eigenvalue weighted by atomic mass is 10.1. The molecule has 1 amide bonds. The molecule has 4 rings (SSSR count). The normalized spacial score (nSPS) is 10.9. The van der Waals surface area contributed by atoms with Gasteiger partial charge < -0.3 is 0 Å². The number of halogens is 5. The van der Waals surface area contributed by atoms with Crippen molar-refractivity contribution in [3.8, 4) is 21.7 Å². The first kappa shape index (κ1) is 23.4. The monoisotopic (exact) mass is 540 g/mol. The van der Waals surface area contributed by atoms with Gasteiger partial charge in [0.25, 0.3) is 5.91 Å². The summed E-state index contributed by atoms with van der Waals surface area (Å²) in [6.45, 7) is 2.02. The second-order valence-electron chi connectivity index (χ2n) is 6.83. The lowest BCUT2D eigenvalue weighted by Crippen LogP contribution is -2.13. The smallest absolute Gasteiger partial charge is 0.260 e. The van der Waals surface area contributed by atoms with Gasteiger partial charge in [0.15, 0.2) is 5.13 Å². The molecule has 32 heavy (non-hydrogen) atoms. The molecule has 0 fully saturated rings. The number of nitrogens with one attached hydrogen (secondary N) is 1. The highest BCUT2D eigenvalue weighted by Crippen LogP contribution is 2.45. The van der Waals surface area contributed by atoms with E-state index in [1.807, 2.05) is 61.5 Å². The molecule has 0 aliphatic heterocycles. The predicted molar refractivity (Wildman–Crippen MR) is 137 cm³/mol. The molecule has 0 saturated heterocycles. The van der Waals surface area contributed by atoms with Gasteiger partial charge in [0, 0.05) is 5.56 Å². The largest absolute Gasteiger partial charge is 0.298 e. The van der Waals surface area contributed by atoms with Gasteiger partial charge in [-0.1, -0.05) is 130 Å². The number of hydrogen-bond donors (Lipinski definition) is 1. The fraction of sp³-hybridized carbons (Fsp3) is 0.0435. The van der Waals surface area contributed by atoms with Crippen LogP contribution in [-0.4, -0.2) is 10.9 Å². The summed E-state index contributed by atoms with van der Waals surface area (Å²) in [7, 11) is 0. The lowest BCUT2D eigenvalue weighted by molar-refractivity contribution is 0.102. The van der Waals surface area contributed by atoms with E-state index < -0.39 is 5.91 Å². The number of thiazole rings is 1. The second kappa shape index (κ2) is 9.60. The van der Waals surface area contributed by atoms with Gasteiger partial charge in [-0.15, -0.1) is 0 Å². The third kappa shape index (κ3) is 4.49. The van der Waals surface area contributed by atoms with Gasteiger partial charge in [-0.3, -0.25) is 10.1 Å². The van der Waals surface area contributed by atoms with Crippen LogP contribution in [0.2, 0.25) is 25.1 Å². The average Bonchev–Trinajstić information content (AvgIpc) is 3.21. The van der Waals surface area contributed by atoms with E-state index >= 15 is 0 Å². The molecule has 0 spiro atoms. The summed E-state index contributed by atoms with van der Waals surface area (Å²) in [5.74, 6) is -0.593. The van der Waals surface area contributed by atoms with Gasteiger partial charge in [0.05, 0.1) is 41.2 Å². The van der Waals surface area contributed by atoms with Crippen molar-refractivity contribution in [2.45, 2.75) is 6.92 Å². The van der Waals surface area contributed by atoms with Crippen LogP contribution < -0.4 is 5.32 Å². The number of rotatable bonds is 4. The van der Waals surface area contributed by atoms with E-state index in [-0.39, 0.29) is 30.7 Å². The minimum absolute atomic E-state index is 0.0119. The number of anilines is 1. The molecule has 0 aliphatic rings. The molecule has 0 unspecified atom stereocenters. The Kier molecular flexibility index (Phi) is 7.01. The Morgan fingerprint density at radius 2 is 1.34 bits per heavy atom. The van der Waals surface area contributed by atoms with Gasteiger partial charge >= 0.3 is 0 Å². The molecule has 1 heterocycles. The first-order valence-electron chi connectivity index (χ1n) is 9.24. The van der Waals surface area contributed by atoms with E-state index in [0.29, 0.717) is 5.13 Å². The fourth-order valence-electron chi connectivity index (χ4n) is 3.03. The van der Waals surface area contributed by atoms with Crippen LogP contribution in [0.4, 0.5) is 5.13 Å². The van der Waals surface area contributed by atoms with E-state index in [9.17, 15) is 4.79 Å². The third-order valence-corrected chi connectivity index (χ3v) is 7.94. The Morgan fingerprint density at radius 1 is 0.781 bits per heavy atom. The summed E-state index contributed by atoms with van der Waals surface area (Å²) in [6.07, 6.45) is 0. The average molecular weight is 543 g/mol. The van der Waals surface area contributed by atoms with Crippen LogP contribution in [0.25, 0.3) is 21.7 Å². The first-order chi connectivity index (χ1) is 15.3. The number of aryl methyl sites for hydroxylation is 1. The van der Waals surface area contributed by atoms with Crippen LogP contribution in [0.15, 0.2) is 54.6 Å². The van der Waals surface area contributed by atoms with Gasteiger partial charge in [0.1, 0.15) is 0 Å². The highest BCUT2D eigenvalue weighted by atomic mass is 35.5. The Bertz CT molecular complexity index is 1290. The summed E-state index contributed by atoms with van der Waals surface area (Å²) < 4.78 is 0. The summed E-state index contributed by atoms with van der Waals surface area (Å²) >= 11 is 32.1. The molecule has 0 aliphatic carbocycles. The SMILES string of the molecule is Cc1ccc(-c2nc(NC(=O)c3c(Cl)c(Cl)c(Cl)c(Cl)c3Cl)sc2-c2ccccc2)cc1. The maximum Gasteiger partial charge on any atom is 0.260 e. The Balaban J connectivity index is 1.77. The predicted octanol–water partition coefficient (Wildman–Crippen LogP) is 9.30. The van der Waals surface area contributed by atoms with Crippen LogP contribution in [0.3, 0.4) is 0 Å². The summed E-state index contributed by atoms with van der Waals surface area (Å²) in [5.41, 5.74) is 3.73. The fourth-order valence-corrected chi connectivity index (χ4v) is 5.33. The zero-order valence-corrected chi connectivity index (χ0v) is 20.9. The van der Waals surface area contributed by atoms with Crippen molar-refractivity contribution >= 4 is 80.4 Å². The van der Waals surface area contributed by atoms with Crippen LogP contribution in [0.5, 0.6) is 0 Å². The third-order valence-electron chi connectivity index (χ3n) is 4.65. The van der Waals surface area contributed by atoms with Gasteiger partial charge in [0.2, 0.25) is 0 Å². The van der Waals surface area contributed by atoms with E-state index in [1.165, 1.54) is 11.3 Å². The topological polar surface area (TPSA) is 42.0 Å². The quantitative estimate of drug-likeness (QED) is 0.206. The van der Waals surface area contributed by atoms with E-state index in [2.05, 4.69) is 10.3 Å². The zero-order chi connectivity index (χ0) is 23.0. The number of hydrogen-bond acceptors (Lipinski definition) is 3. The summed E-state index contributed by atoms with van der Waals surface area (Å²) in [5, 5.41) is 2.88. The van der Waals surface area contributed by atoms with Crippen molar-refractivity contribution in [3.63, 3.8) is 0 Å². The molecule has 0 saturated carbocycles. The number of aromatic nitrogens is 1. The number of nitrogens with zero attached hydrogens (tertiary/aromatic N) is 1. The first-order valence-corrected chi connectivity index (χ1v) is 11.9. The second-order valence-corrected chi connectivity index (χ2v) is 9.72. The zero-order valence-electron chi connectivity index (χ0n) is 16.3. The van der Waals surface area contributed by atoms with Gasteiger partial charge in [-0.05, 0) is 12.5 Å². The minimum Gasteiger partial charge on any atom is -0.298 e. The minimum atomic E-state index is -0.593. The van der Waals surface area contributed by atoms with Crippen LogP contribution >= 0.6 is 69.3 Å². The Labute approximate surface area is 213 Å². The maximum atomic E-state index is 13.0. The number of benzene rings is 3. The standard InChI is InChI=1S/C23H13Cl5N2OS/c1-11-7-9-12(10-8-11)20-21(13-5-3-2-4-6-13)32-23(29-20)30-22(31)14-15(24)17(26)19(28)18(27)16(14)25/h2-10H,1H3,(H,29,30,31). The molecule has 1 N–H and O–H groups in total. The van der Waals surface area contributed by atoms with Gasteiger partial charge in [-0.25, -0.2) is 4.98 Å². The maximum absolute atomic E-state index is 13.0. The molecule has 162 valence electrons. The van der Waals surface area contributed by atoms with E-state index in [4.69, 9.17) is 58.0 Å². The van der Waals surface area contributed by atoms with Crippen molar-refractivity contribution < 1.29 is 4.79 Å². The molecule has 3 nitrogen and oxygen atoms in total. The van der Waals surface area contributed by atoms with Crippen molar-refractivity contribution in [2.75, 3.05) is 5.32 Å². The van der Waals surface area contributed by atoms with Crippen molar-refractivity contribution in [1.82, 2.24) is 4.98 Å². The summed E-state index contributed by atoms with van der Waals surface area (Å²) in [6, 6.07) is 17.8. The van der Waals surface area contributed by atoms with Crippen molar-refractivity contribution in [3.05, 3.63) is 90.8 Å². The Hall–Kier alpha value is -1.79. The molecule has 3 aromatic carbocycles. The van der Waals surface area contributed by atoms with Crippen molar-refractivity contribution in [2.24, 2.45) is 0 Å². The molecule has 1 aromatic heterocycles. The number of carbonyl (C=O) groups is 1. The highest BCUT2D eigenvalue weighted by molar-refractivity contribution is 7.19. The molecule has 0 bridgehead atoms. The molecule has 4 aromatic rings. The number of amides is 1. The molecular weight excluding hydrogens is 530 g/mol. The molecular formula is C23H13Cl5N2OS. The Morgan fingerprint density at radius 3 is 1.94 bits per heavy atom. The summed E-state index contributed by atoms with van der Waals surface area (Å²) in [4.78, 5) is 18.6. The van der Waals surface area contributed by atoms with Crippen LogP contribution in [0.1, 0.15) is 15.9 Å².